The van der Waals surface area contributed by atoms with Gasteiger partial charge in [-0.15, -0.1) is 0 Å². The molecule has 2 aromatic heterocycles. The molecule has 0 unspecified atom stereocenters. The van der Waals surface area contributed by atoms with Crippen LogP contribution in [0.15, 0.2) is 310 Å². The summed E-state index contributed by atoms with van der Waals surface area (Å²) in [5.41, 5.74) is 21.8. The summed E-state index contributed by atoms with van der Waals surface area (Å²) < 4.78 is 2.54. The average Bonchev–Trinajstić information content (AvgIpc) is 4.18. The van der Waals surface area contributed by atoms with Gasteiger partial charge >= 0.3 is 0 Å². The number of nitrogens with zero attached hydrogens (tertiary/aromatic N) is 3. The van der Waals surface area contributed by atoms with Crippen molar-refractivity contribution < 1.29 is 0 Å². The van der Waals surface area contributed by atoms with E-state index < -0.39 is 0 Å². The van der Waals surface area contributed by atoms with E-state index in [4.69, 9.17) is 0 Å². The van der Waals surface area contributed by atoms with E-state index in [9.17, 15) is 0 Å². The molecule has 0 atom stereocenters. The van der Waals surface area contributed by atoms with Crippen LogP contribution in [0, 0.1) is 0 Å². The first-order valence-corrected chi connectivity index (χ1v) is 27.4. The van der Waals surface area contributed by atoms with E-state index in [0.717, 1.165) is 61.9 Å². The van der Waals surface area contributed by atoms with Crippen molar-refractivity contribution in [3.05, 3.63) is 315 Å². The highest BCUT2D eigenvalue weighted by Crippen LogP contribution is 2.48. The minimum Gasteiger partial charge on any atom is -0.310 e. The Labute approximate surface area is 467 Å². The normalized spacial score (nSPS) is 11.9. The van der Waals surface area contributed by atoms with Gasteiger partial charge in [-0.05, 0) is 164 Å². The first-order chi connectivity index (χ1) is 39.5. The third-order valence-electron chi connectivity index (χ3n) is 15.8. The van der Waals surface area contributed by atoms with E-state index in [0.29, 0.717) is 0 Å². The second-order valence-electron chi connectivity index (χ2n) is 20.6. The van der Waals surface area contributed by atoms with Gasteiger partial charge in [0, 0.05) is 55.7 Å². The standard InChI is InChI=1S/C77H55N3/c1-3-4-9-22-53(2)58-31-18-35-64(45-58)78(65-36-19-32-59(46-65)54-23-10-5-11-24-54)68-41-39-63-50-72-70-43-42-69(52-75(70)80-74-44-40-62(57-29-16-8-17-30-57)49-73(74)76(77(72)80)71(63)51-68)79(66-37-20-33-60(47-66)55-25-12-6-13-26-55)67-38-21-34-61(48-67)56-27-14-7-15-28-56/h3-52H,1H2,2H3/b9-4-,53-22+. The van der Waals surface area contributed by atoms with Gasteiger partial charge in [-0.2, -0.15) is 0 Å². The maximum atomic E-state index is 3.88. The van der Waals surface area contributed by atoms with Gasteiger partial charge in [-0.3, -0.25) is 0 Å². The van der Waals surface area contributed by atoms with Gasteiger partial charge in [0.1, 0.15) is 0 Å². The summed E-state index contributed by atoms with van der Waals surface area (Å²) in [6.45, 7) is 6.05. The lowest BCUT2D eigenvalue weighted by atomic mass is 9.97. The van der Waals surface area contributed by atoms with Crippen LogP contribution >= 0.6 is 0 Å². The predicted octanol–water partition coefficient (Wildman–Crippen LogP) is 21.7. The van der Waals surface area contributed by atoms with Crippen LogP contribution in [0.3, 0.4) is 0 Å². The fourth-order valence-corrected chi connectivity index (χ4v) is 11.9. The topological polar surface area (TPSA) is 10.9 Å². The molecule has 14 aromatic rings. The summed E-state index contributed by atoms with van der Waals surface area (Å²) in [5, 5.41) is 7.30. The minimum absolute atomic E-state index is 1.08. The van der Waals surface area contributed by atoms with Crippen LogP contribution in [-0.2, 0) is 0 Å². The second-order valence-corrected chi connectivity index (χ2v) is 20.6. The SMILES string of the molecule is C=C/C=C\C=C(/C)c1cccc(N(c2cccc(-c3ccccc3)c2)c2ccc3cc4c5ccc(N(c6cccc(-c7ccccc7)c6)c6cccc(-c7ccccc7)c6)cc5n5c6ccc(-c7ccccc7)cc6c(c3c2)c45)c1. The smallest absolute Gasteiger partial charge is 0.0627 e. The van der Waals surface area contributed by atoms with Crippen LogP contribution in [0.1, 0.15) is 12.5 Å². The van der Waals surface area contributed by atoms with Crippen LogP contribution < -0.4 is 9.80 Å². The minimum atomic E-state index is 1.08. The Bertz CT molecular complexity index is 4580. The summed E-state index contributed by atoms with van der Waals surface area (Å²) in [4.78, 5) is 4.85. The number of aromatic nitrogens is 1. The highest BCUT2D eigenvalue weighted by Gasteiger charge is 2.24. The molecule has 0 amide bonds. The molecule has 0 saturated carbocycles. The molecule has 0 fully saturated rings. The highest BCUT2D eigenvalue weighted by atomic mass is 15.1. The van der Waals surface area contributed by atoms with Crippen LogP contribution in [0.2, 0.25) is 0 Å². The Hall–Kier alpha value is -10.5. The number of allylic oxidation sites excluding steroid dienone is 5. The number of fused-ring (bicyclic) bond motifs is 8. The molecule has 2 heterocycles. The quantitative estimate of drug-likeness (QED) is 0.107. The molecule has 0 aliphatic rings. The van der Waals surface area contributed by atoms with Crippen LogP contribution in [0.5, 0.6) is 0 Å². The van der Waals surface area contributed by atoms with E-state index in [2.05, 4.69) is 319 Å². The Kier molecular flexibility index (Phi) is 12.3. The third-order valence-corrected chi connectivity index (χ3v) is 15.8. The summed E-state index contributed by atoms with van der Waals surface area (Å²) in [6.07, 6.45) is 7.98. The zero-order valence-corrected chi connectivity index (χ0v) is 44.4. The van der Waals surface area contributed by atoms with Crippen molar-refractivity contribution in [1.29, 1.82) is 0 Å². The highest BCUT2D eigenvalue weighted by molar-refractivity contribution is 6.32. The maximum Gasteiger partial charge on any atom is 0.0627 e. The van der Waals surface area contributed by atoms with Gasteiger partial charge in [-0.25, -0.2) is 0 Å². The number of hydrogen-bond acceptors (Lipinski definition) is 2. The van der Waals surface area contributed by atoms with Crippen LogP contribution in [0.25, 0.3) is 98.9 Å². The summed E-state index contributed by atoms with van der Waals surface area (Å²) in [6, 6.07) is 102. The third kappa shape index (κ3) is 8.68. The molecule has 0 aliphatic carbocycles. The monoisotopic (exact) mass is 1020 g/mol. The van der Waals surface area contributed by atoms with Crippen LogP contribution in [-0.4, -0.2) is 4.40 Å². The van der Waals surface area contributed by atoms with Crippen molar-refractivity contribution in [2.24, 2.45) is 0 Å². The summed E-state index contributed by atoms with van der Waals surface area (Å²) in [5.74, 6) is 0. The first kappa shape index (κ1) is 47.9. The summed E-state index contributed by atoms with van der Waals surface area (Å²) >= 11 is 0. The van der Waals surface area contributed by atoms with Crippen LogP contribution in [0.4, 0.5) is 34.1 Å². The molecule has 14 rings (SSSR count). The molecule has 80 heavy (non-hydrogen) atoms. The molecular formula is C77H55N3. The van der Waals surface area contributed by atoms with Gasteiger partial charge in [0.25, 0.3) is 0 Å². The van der Waals surface area contributed by atoms with E-state index in [1.807, 2.05) is 12.2 Å². The van der Waals surface area contributed by atoms with Crippen molar-refractivity contribution in [2.45, 2.75) is 6.92 Å². The number of hydrogen-bond donors (Lipinski definition) is 0. The molecule has 0 saturated heterocycles. The molecule has 3 heteroatoms. The van der Waals surface area contributed by atoms with Crippen molar-refractivity contribution in [3.8, 4) is 44.5 Å². The van der Waals surface area contributed by atoms with Crippen molar-refractivity contribution in [2.75, 3.05) is 9.80 Å². The predicted molar refractivity (Wildman–Crippen MR) is 343 cm³/mol. The number of benzene rings is 12. The largest absolute Gasteiger partial charge is 0.310 e. The van der Waals surface area contributed by atoms with Crippen molar-refractivity contribution >= 4 is 88.6 Å². The zero-order valence-electron chi connectivity index (χ0n) is 44.4. The molecule has 0 N–H and O–H groups in total. The van der Waals surface area contributed by atoms with Gasteiger partial charge in [-0.1, -0.05) is 219 Å². The van der Waals surface area contributed by atoms with Gasteiger partial charge in [0.2, 0.25) is 0 Å². The number of anilines is 6. The Balaban J connectivity index is 1.01. The zero-order chi connectivity index (χ0) is 53.5. The lowest BCUT2D eigenvalue weighted by molar-refractivity contribution is 1.28. The molecule has 0 radical (unpaired) electrons. The van der Waals surface area contributed by atoms with Crippen molar-refractivity contribution in [3.63, 3.8) is 0 Å². The number of rotatable bonds is 13. The molecule has 0 bridgehead atoms. The average molecular weight is 1020 g/mol. The van der Waals surface area contributed by atoms with E-state index in [1.165, 1.54) is 76.7 Å². The maximum absolute atomic E-state index is 3.88. The van der Waals surface area contributed by atoms with E-state index in [-0.39, 0.29) is 0 Å². The van der Waals surface area contributed by atoms with Gasteiger partial charge in [0.15, 0.2) is 0 Å². The van der Waals surface area contributed by atoms with Gasteiger partial charge < -0.3 is 14.2 Å². The first-order valence-electron chi connectivity index (χ1n) is 27.4. The molecular weight excluding hydrogens is 967 g/mol. The second kappa shape index (κ2) is 20.5. The van der Waals surface area contributed by atoms with E-state index >= 15 is 0 Å². The lowest BCUT2D eigenvalue weighted by Crippen LogP contribution is -2.10. The molecule has 0 aliphatic heterocycles. The van der Waals surface area contributed by atoms with Crippen molar-refractivity contribution in [1.82, 2.24) is 4.40 Å². The Morgan fingerprint density at radius 2 is 0.800 bits per heavy atom. The Morgan fingerprint density at radius 3 is 1.34 bits per heavy atom. The molecule has 0 spiro atoms. The summed E-state index contributed by atoms with van der Waals surface area (Å²) in [7, 11) is 0. The van der Waals surface area contributed by atoms with E-state index in [1.54, 1.807) is 0 Å². The molecule has 378 valence electrons. The molecule has 12 aromatic carbocycles. The molecule has 3 nitrogen and oxygen atoms in total. The van der Waals surface area contributed by atoms with Gasteiger partial charge in [0.05, 0.1) is 16.6 Å². The lowest BCUT2D eigenvalue weighted by Gasteiger charge is -2.27. The Morgan fingerprint density at radius 1 is 0.338 bits per heavy atom. The fourth-order valence-electron chi connectivity index (χ4n) is 11.9. The fraction of sp³-hybridized carbons (Fsp3) is 0.0130.